The molecule has 0 heterocycles. The zero-order valence-electron chi connectivity index (χ0n) is 9.71. The first-order valence-corrected chi connectivity index (χ1v) is 5.98. The third-order valence-electron chi connectivity index (χ3n) is 2.77. The number of hydrogen-bond acceptors (Lipinski definition) is 2. The summed E-state index contributed by atoms with van der Waals surface area (Å²) in [5, 5.41) is 6.03. The lowest BCUT2D eigenvalue weighted by molar-refractivity contribution is -0.122. The van der Waals surface area contributed by atoms with Gasteiger partial charge < -0.3 is 10.6 Å². The minimum absolute atomic E-state index is 0.164. The van der Waals surface area contributed by atoms with Crippen molar-refractivity contribution in [1.82, 2.24) is 10.6 Å². The second-order valence-electron chi connectivity index (χ2n) is 4.37. The Morgan fingerprint density at radius 1 is 1.35 bits per heavy atom. The van der Waals surface area contributed by atoms with E-state index in [1.165, 1.54) is 12.1 Å². The number of halogens is 1. The fourth-order valence-corrected chi connectivity index (χ4v) is 1.64. The standard InChI is InChI=1S/C13H17FN2O/c14-12-3-1-2-10(8-12)9-15-6-7-16-13(17)11-4-5-11/h1-3,8,11,15H,4-7,9H2,(H,16,17). The van der Waals surface area contributed by atoms with Gasteiger partial charge in [-0.3, -0.25) is 4.79 Å². The molecule has 0 saturated heterocycles. The minimum Gasteiger partial charge on any atom is -0.355 e. The summed E-state index contributed by atoms with van der Waals surface area (Å²) >= 11 is 0. The van der Waals surface area contributed by atoms with Crippen molar-refractivity contribution >= 4 is 5.91 Å². The van der Waals surface area contributed by atoms with Crippen molar-refractivity contribution in [2.75, 3.05) is 13.1 Å². The lowest BCUT2D eigenvalue weighted by Gasteiger charge is -2.06. The Morgan fingerprint density at radius 2 is 2.18 bits per heavy atom. The van der Waals surface area contributed by atoms with Crippen LogP contribution in [0.25, 0.3) is 0 Å². The highest BCUT2D eigenvalue weighted by molar-refractivity contribution is 5.80. The molecule has 0 spiro atoms. The molecule has 1 aromatic carbocycles. The average molecular weight is 236 g/mol. The molecule has 17 heavy (non-hydrogen) atoms. The van der Waals surface area contributed by atoms with Gasteiger partial charge in [-0.2, -0.15) is 0 Å². The number of nitrogens with one attached hydrogen (secondary N) is 2. The summed E-state index contributed by atoms with van der Waals surface area (Å²) in [6.45, 7) is 1.96. The van der Waals surface area contributed by atoms with E-state index >= 15 is 0 Å². The number of carbonyl (C=O) groups excluding carboxylic acids is 1. The molecule has 0 aliphatic heterocycles. The summed E-state index contributed by atoms with van der Waals surface area (Å²) in [5.41, 5.74) is 0.915. The van der Waals surface area contributed by atoms with Crippen LogP contribution in [0.3, 0.4) is 0 Å². The van der Waals surface area contributed by atoms with E-state index in [1.807, 2.05) is 6.07 Å². The number of benzene rings is 1. The second-order valence-corrected chi connectivity index (χ2v) is 4.37. The largest absolute Gasteiger partial charge is 0.355 e. The predicted molar refractivity (Wildman–Crippen MR) is 63.8 cm³/mol. The average Bonchev–Trinajstić information content (AvgIpc) is 3.12. The van der Waals surface area contributed by atoms with Crippen molar-refractivity contribution in [2.45, 2.75) is 19.4 Å². The van der Waals surface area contributed by atoms with Crippen molar-refractivity contribution in [2.24, 2.45) is 5.92 Å². The van der Waals surface area contributed by atoms with E-state index in [9.17, 15) is 9.18 Å². The normalized spacial score (nSPS) is 14.6. The molecule has 0 bridgehead atoms. The lowest BCUT2D eigenvalue weighted by atomic mass is 10.2. The lowest BCUT2D eigenvalue weighted by Crippen LogP contribution is -2.32. The Kier molecular flexibility index (Phi) is 4.09. The van der Waals surface area contributed by atoms with Crippen molar-refractivity contribution in [3.8, 4) is 0 Å². The van der Waals surface area contributed by atoms with Crippen molar-refractivity contribution in [1.29, 1.82) is 0 Å². The van der Waals surface area contributed by atoms with E-state index in [4.69, 9.17) is 0 Å². The molecule has 0 aromatic heterocycles. The molecule has 2 rings (SSSR count). The Bertz CT molecular complexity index is 391. The highest BCUT2D eigenvalue weighted by Gasteiger charge is 2.28. The molecule has 3 nitrogen and oxygen atoms in total. The highest BCUT2D eigenvalue weighted by Crippen LogP contribution is 2.28. The van der Waals surface area contributed by atoms with Crippen LogP contribution in [0.1, 0.15) is 18.4 Å². The third-order valence-corrected chi connectivity index (χ3v) is 2.77. The fraction of sp³-hybridized carbons (Fsp3) is 0.462. The zero-order chi connectivity index (χ0) is 12.1. The first kappa shape index (κ1) is 12.0. The molecule has 1 amide bonds. The Morgan fingerprint density at radius 3 is 2.88 bits per heavy atom. The van der Waals surface area contributed by atoms with E-state index in [0.29, 0.717) is 19.6 Å². The maximum absolute atomic E-state index is 12.9. The predicted octanol–water partition coefficient (Wildman–Crippen LogP) is 1.44. The molecule has 0 atom stereocenters. The molecular weight excluding hydrogens is 219 g/mol. The molecule has 4 heteroatoms. The van der Waals surface area contributed by atoms with Gasteiger partial charge in [-0.25, -0.2) is 4.39 Å². The van der Waals surface area contributed by atoms with Crippen LogP contribution in [0.15, 0.2) is 24.3 Å². The summed E-state index contributed by atoms with van der Waals surface area (Å²) in [5.74, 6) is 0.210. The number of hydrogen-bond donors (Lipinski definition) is 2. The first-order chi connectivity index (χ1) is 8.25. The van der Waals surface area contributed by atoms with Crippen LogP contribution in [0, 0.1) is 11.7 Å². The van der Waals surface area contributed by atoms with E-state index in [-0.39, 0.29) is 17.6 Å². The number of rotatable bonds is 6. The molecular formula is C13H17FN2O. The maximum Gasteiger partial charge on any atom is 0.223 e. The monoisotopic (exact) mass is 236 g/mol. The van der Waals surface area contributed by atoms with Crippen LogP contribution in [0.2, 0.25) is 0 Å². The van der Waals surface area contributed by atoms with E-state index in [1.54, 1.807) is 6.07 Å². The first-order valence-electron chi connectivity index (χ1n) is 5.98. The summed E-state index contributed by atoms with van der Waals surface area (Å²) in [6.07, 6.45) is 2.06. The Balaban J connectivity index is 1.58. The molecule has 1 aromatic rings. The molecule has 1 aliphatic carbocycles. The molecule has 2 N–H and O–H groups in total. The maximum atomic E-state index is 12.9. The summed E-state index contributed by atoms with van der Waals surface area (Å²) < 4.78 is 12.9. The summed E-state index contributed by atoms with van der Waals surface area (Å²) in [4.78, 5) is 11.3. The minimum atomic E-state index is -0.216. The second kappa shape index (κ2) is 5.77. The van der Waals surface area contributed by atoms with Gasteiger partial charge in [0.25, 0.3) is 0 Å². The van der Waals surface area contributed by atoms with E-state index < -0.39 is 0 Å². The van der Waals surface area contributed by atoms with E-state index in [0.717, 1.165) is 18.4 Å². The van der Waals surface area contributed by atoms with Gasteiger partial charge >= 0.3 is 0 Å². The number of amides is 1. The highest BCUT2D eigenvalue weighted by atomic mass is 19.1. The summed E-state index contributed by atoms with van der Waals surface area (Å²) in [7, 11) is 0. The van der Waals surface area contributed by atoms with Gasteiger partial charge in [0, 0.05) is 25.6 Å². The van der Waals surface area contributed by atoms with Crippen LogP contribution >= 0.6 is 0 Å². The van der Waals surface area contributed by atoms with Gasteiger partial charge in [0.05, 0.1) is 0 Å². The van der Waals surface area contributed by atoms with Crippen LogP contribution in [0.4, 0.5) is 4.39 Å². The molecule has 0 radical (unpaired) electrons. The summed E-state index contributed by atoms with van der Waals surface area (Å²) in [6, 6.07) is 6.51. The van der Waals surface area contributed by atoms with Crippen LogP contribution in [0.5, 0.6) is 0 Å². The topological polar surface area (TPSA) is 41.1 Å². The Hall–Kier alpha value is -1.42. The molecule has 1 saturated carbocycles. The van der Waals surface area contributed by atoms with Crippen LogP contribution in [-0.2, 0) is 11.3 Å². The molecule has 1 fully saturated rings. The fourth-order valence-electron chi connectivity index (χ4n) is 1.64. The van der Waals surface area contributed by atoms with Crippen molar-refractivity contribution < 1.29 is 9.18 Å². The van der Waals surface area contributed by atoms with Gasteiger partial charge in [-0.05, 0) is 30.5 Å². The SMILES string of the molecule is O=C(NCCNCc1cccc(F)c1)C1CC1. The Labute approximate surface area is 100 Å². The van der Waals surface area contributed by atoms with Gasteiger partial charge in [0.15, 0.2) is 0 Å². The van der Waals surface area contributed by atoms with Crippen molar-refractivity contribution in [3.05, 3.63) is 35.6 Å². The van der Waals surface area contributed by atoms with Crippen molar-refractivity contribution in [3.63, 3.8) is 0 Å². The third kappa shape index (κ3) is 4.15. The zero-order valence-corrected chi connectivity index (χ0v) is 9.71. The van der Waals surface area contributed by atoms with Gasteiger partial charge in [-0.1, -0.05) is 12.1 Å². The molecule has 0 unspecified atom stereocenters. The smallest absolute Gasteiger partial charge is 0.223 e. The molecule has 1 aliphatic rings. The van der Waals surface area contributed by atoms with Crippen LogP contribution < -0.4 is 10.6 Å². The van der Waals surface area contributed by atoms with Gasteiger partial charge in [0.2, 0.25) is 5.91 Å². The van der Waals surface area contributed by atoms with Gasteiger partial charge in [0.1, 0.15) is 5.82 Å². The number of carbonyl (C=O) groups is 1. The van der Waals surface area contributed by atoms with Gasteiger partial charge in [-0.15, -0.1) is 0 Å². The van der Waals surface area contributed by atoms with Crippen LogP contribution in [-0.4, -0.2) is 19.0 Å². The molecule has 92 valence electrons. The van der Waals surface area contributed by atoms with E-state index in [2.05, 4.69) is 10.6 Å². The quantitative estimate of drug-likeness (QED) is 0.734.